The number of carbonyl (C=O) groups is 3. The van der Waals surface area contributed by atoms with Crippen molar-refractivity contribution in [2.24, 2.45) is 10.8 Å². The zero-order chi connectivity index (χ0) is 28.9. The Labute approximate surface area is 227 Å². The van der Waals surface area contributed by atoms with Gasteiger partial charge in [-0.2, -0.15) is 0 Å². The normalized spacial score (nSPS) is 12.4. The molecule has 2 rings (SSSR count). The Morgan fingerprint density at radius 3 is 1.82 bits per heavy atom. The number of ether oxygens (including phenoxy) is 3. The van der Waals surface area contributed by atoms with Gasteiger partial charge in [0.1, 0.15) is 17.2 Å². The van der Waals surface area contributed by atoms with Crippen LogP contribution in [-0.2, 0) is 15.0 Å². The van der Waals surface area contributed by atoms with Gasteiger partial charge in [-0.05, 0) is 95.9 Å². The molecule has 0 heterocycles. The second-order valence-corrected chi connectivity index (χ2v) is 12.5. The molecule has 0 aliphatic heterocycles. The topological polar surface area (TPSA) is 78.9 Å². The summed E-state index contributed by atoms with van der Waals surface area (Å²) in [7, 11) is 0. The molecule has 0 aliphatic rings. The summed E-state index contributed by atoms with van der Waals surface area (Å²) in [6.07, 6.45) is 4.00. The SMILES string of the molecule is CCCOc1cc(OC(=O)C(C)(C)C)c(C(C)(C)C)cc1/C=C/C(=O)c1ccc(OC(=O)C(C)(C)C)cc1. The minimum Gasteiger partial charge on any atom is -0.493 e. The zero-order valence-electron chi connectivity index (χ0n) is 24.5. The van der Waals surface area contributed by atoms with Gasteiger partial charge in [-0.3, -0.25) is 14.4 Å². The van der Waals surface area contributed by atoms with Crippen LogP contribution in [0.25, 0.3) is 6.08 Å². The first-order valence-electron chi connectivity index (χ1n) is 13.0. The van der Waals surface area contributed by atoms with Crippen molar-refractivity contribution in [3.8, 4) is 17.2 Å². The Hall–Kier alpha value is -3.41. The lowest BCUT2D eigenvalue weighted by Crippen LogP contribution is -2.27. The van der Waals surface area contributed by atoms with Gasteiger partial charge in [0.15, 0.2) is 5.78 Å². The van der Waals surface area contributed by atoms with Crippen molar-refractivity contribution in [1.29, 1.82) is 0 Å². The number of ketones is 1. The lowest BCUT2D eigenvalue weighted by Gasteiger charge is -2.26. The lowest BCUT2D eigenvalue weighted by atomic mass is 9.85. The second-order valence-electron chi connectivity index (χ2n) is 12.5. The summed E-state index contributed by atoms with van der Waals surface area (Å²) in [6.45, 7) is 19.4. The molecule has 0 spiro atoms. The Balaban J connectivity index is 2.40. The summed E-state index contributed by atoms with van der Waals surface area (Å²) in [6, 6.07) is 10.1. The van der Waals surface area contributed by atoms with Gasteiger partial charge in [0.05, 0.1) is 17.4 Å². The maximum absolute atomic E-state index is 12.9. The minimum absolute atomic E-state index is 0.208. The van der Waals surface area contributed by atoms with E-state index in [1.54, 1.807) is 57.2 Å². The van der Waals surface area contributed by atoms with Crippen molar-refractivity contribution in [2.45, 2.75) is 81.1 Å². The van der Waals surface area contributed by atoms with Gasteiger partial charge in [-0.25, -0.2) is 0 Å². The van der Waals surface area contributed by atoms with Gasteiger partial charge in [0.2, 0.25) is 0 Å². The smallest absolute Gasteiger partial charge is 0.316 e. The fourth-order valence-corrected chi connectivity index (χ4v) is 3.18. The van der Waals surface area contributed by atoms with Crippen molar-refractivity contribution in [1.82, 2.24) is 0 Å². The fourth-order valence-electron chi connectivity index (χ4n) is 3.18. The molecule has 0 saturated heterocycles. The van der Waals surface area contributed by atoms with Gasteiger partial charge in [-0.15, -0.1) is 0 Å². The highest BCUT2D eigenvalue weighted by Gasteiger charge is 2.28. The van der Waals surface area contributed by atoms with E-state index in [4.69, 9.17) is 14.2 Å². The molecule has 0 saturated carbocycles. The second kappa shape index (κ2) is 12.0. The average Bonchev–Trinajstić information content (AvgIpc) is 2.80. The van der Waals surface area contributed by atoms with E-state index >= 15 is 0 Å². The van der Waals surface area contributed by atoms with E-state index in [2.05, 4.69) is 0 Å². The number of carbonyl (C=O) groups excluding carboxylic acids is 3. The van der Waals surface area contributed by atoms with Crippen LogP contribution in [0.3, 0.4) is 0 Å². The largest absolute Gasteiger partial charge is 0.493 e. The maximum atomic E-state index is 12.9. The Morgan fingerprint density at radius 1 is 0.763 bits per heavy atom. The fraction of sp³-hybridized carbons (Fsp3) is 0.469. The highest BCUT2D eigenvalue weighted by Crippen LogP contribution is 2.38. The van der Waals surface area contributed by atoms with E-state index in [1.165, 1.54) is 6.08 Å². The van der Waals surface area contributed by atoms with E-state index in [1.807, 2.05) is 54.5 Å². The molecule has 2 aromatic rings. The minimum atomic E-state index is -0.661. The third-order valence-electron chi connectivity index (χ3n) is 5.57. The molecular formula is C32H42O6. The Bertz CT molecular complexity index is 1180. The molecule has 0 aromatic heterocycles. The highest BCUT2D eigenvalue weighted by atomic mass is 16.5. The number of rotatable bonds is 8. The molecule has 38 heavy (non-hydrogen) atoms. The number of hydrogen-bond donors (Lipinski definition) is 0. The summed E-state index contributed by atoms with van der Waals surface area (Å²) >= 11 is 0. The molecule has 2 aromatic carbocycles. The lowest BCUT2D eigenvalue weighted by molar-refractivity contribution is -0.143. The molecule has 0 atom stereocenters. The summed E-state index contributed by atoms with van der Waals surface area (Å²) in [4.78, 5) is 37.7. The maximum Gasteiger partial charge on any atom is 0.316 e. The number of hydrogen-bond acceptors (Lipinski definition) is 6. The van der Waals surface area contributed by atoms with Crippen molar-refractivity contribution in [3.63, 3.8) is 0 Å². The predicted octanol–water partition coefficient (Wildman–Crippen LogP) is 7.57. The number of esters is 2. The van der Waals surface area contributed by atoms with Crippen LogP contribution in [-0.4, -0.2) is 24.3 Å². The van der Waals surface area contributed by atoms with Crippen LogP contribution in [0.4, 0.5) is 0 Å². The zero-order valence-corrected chi connectivity index (χ0v) is 24.5. The Kier molecular flexibility index (Phi) is 9.71. The van der Waals surface area contributed by atoms with Crippen LogP contribution in [0, 0.1) is 10.8 Å². The first-order valence-corrected chi connectivity index (χ1v) is 13.0. The van der Waals surface area contributed by atoms with Gasteiger partial charge in [0.25, 0.3) is 0 Å². The standard InChI is InChI=1S/C32H42O6/c1-11-18-36-26-20-27(38-29(35)32(8,9)10)24(30(2,3)4)19-22(26)14-17-25(33)21-12-15-23(16-13-21)37-28(34)31(5,6)7/h12-17,19-20H,11,18H2,1-10H3/b17-14+. The van der Waals surface area contributed by atoms with Crippen LogP contribution in [0.1, 0.15) is 97.1 Å². The first-order chi connectivity index (χ1) is 17.4. The van der Waals surface area contributed by atoms with Crippen molar-refractivity contribution >= 4 is 23.8 Å². The van der Waals surface area contributed by atoms with Gasteiger partial charge >= 0.3 is 11.9 Å². The van der Waals surface area contributed by atoms with Gasteiger partial charge in [0, 0.05) is 22.8 Å². The predicted molar refractivity (Wildman–Crippen MR) is 151 cm³/mol. The van der Waals surface area contributed by atoms with Gasteiger partial charge < -0.3 is 14.2 Å². The van der Waals surface area contributed by atoms with Crippen molar-refractivity contribution in [2.75, 3.05) is 6.61 Å². The summed E-state index contributed by atoms with van der Waals surface area (Å²) in [5, 5.41) is 0. The molecule has 0 N–H and O–H groups in total. The average molecular weight is 523 g/mol. The van der Waals surface area contributed by atoms with Crippen LogP contribution in [0.15, 0.2) is 42.5 Å². The van der Waals surface area contributed by atoms with Crippen molar-refractivity contribution in [3.05, 3.63) is 59.2 Å². The molecule has 0 fully saturated rings. The quantitative estimate of drug-likeness (QED) is 0.154. The van der Waals surface area contributed by atoms with Crippen LogP contribution < -0.4 is 14.2 Å². The molecule has 0 bridgehead atoms. The number of benzene rings is 2. The first kappa shape index (κ1) is 30.8. The van der Waals surface area contributed by atoms with E-state index in [-0.39, 0.29) is 23.1 Å². The van der Waals surface area contributed by atoms with E-state index < -0.39 is 10.8 Å². The van der Waals surface area contributed by atoms with Gasteiger partial charge in [-0.1, -0.05) is 27.7 Å². The molecular weight excluding hydrogens is 480 g/mol. The van der Waals surface area contributed by atoms with Crippen LogP contribution in [0.5, 0.6) is 17.2 Å². The van der Waals surface area contributed by atoms with Crippen LogP contribution in [0.2, 0.25) is 0 Å². The molecule has 0 radical (unpaired) electrons. The highest BCUT2D eigenvalue weighted by molar-refractivity contribution is 6.07. The van der Waals surface area contributed by atoms with E-state index in [0.29, 0.717) is 35.0 Å². The monoisotopic (exact) mass is 522 g/mol. The van der Waals surface area contributed by atoms with E-state index in [9.17, 15) is 14.4 Å². The third kappa shape index (κ3) is 8.57. The summed E-state index contributed by atoms with van der Waals surface area (Å²) in [5.41, 5.74) is 0.384. The van der Waals surface area contributed by atoms with E-state index in [0.717, 1.165) is 12.0 Å². The molecule has 6 nitrogen and oxygen atoms in total. The molecule has 6 heteroatoms. The molecule has 0 unspecified atom stereocenters. The molecule has 206 valence electrons. The number of allylic oxidation sites excluding steroid dienone is 1. The van der Waals surface area contributed by atoms with Crippen LogP contribution >= 0.6 is 0 Å². The third-order valence-corrected chi connectivity index (χ3v) is 5.57. The molecule has 0 aliphatic carbocycles. The molecule has 0 amide bonds. The summed E-state index contributed by atoms with van der Waals surface area (Å²) in [5.74, 6) is 0.482. The Morgan fingerprint density at radius 2 is 1.32 bits per heavy atom. The summed E-state index contributed by atoms with van der Waals surface area (Å²) < 4.78 is 17.2. The van der Waals surface area contributed by atoms with Crippen molar-refractivity contribution < 1.29 is 28.6 Å².